The first-order valence-corrected chi connectivity index (χ1v) is 12.7. The number of anilines is 2. The summed E-state index contributed by atoms with van der Waals surface area (Å²) in [7, 11) is -3.88. The van der Waals surface area contributed by atoms with Gasteiger partial charge >= 0.3 is 0 Å². The molecule has 0 saturated heterocycles. The summed E-state index contributed by atoms with van der Waals surface area (Å²) in [6, 6.07) is 14.5. The summed E-state index contributed by atoms with van der Waals surface area (Å²) in [5, 5.41) is 5.54. The van der Waals surface area contributed by atoms with Crippen LogP contribution in [0.4, 0.5) is 11.6 Å². The maximum absolute atomic E-state index is 12.7. The second-order valence-corrected chi connectivity index (χ2v) is 10.3. The molecule has 3 rings (SSSR count). The third-order valence-electron chi connectivity index (χ3n) is 4.54. The van der Waals surface area contributed by atoms with Gasteiger partial charge in [0.15, 0.2) is 5.11 Å². The number of nitrogens with zero attached hydrogens (tertiary/aromatic N) is 2. The summed E-state index contributed by atoms with van der Waals surface area (Å²) in [4.78, 5) is 20.8. The minimum atomic E-state index is -3.88. The summed E-state index contributed by atoms with van der Waals surface area (Å²) >= 11 is 5.23. The Labute approximate surface area is 210 Å². The normalized spacial score (nSPS) is 11.1. The number of thiocarbonyl (C=S) groups is 1. The number of hydrogen-bond acceptors (Lipinski definition) is 7. The molecule has 0 unspecified atom stereocenters. The molecule has 9 nitrogen and oxygen atoms in total. The Morgan fingerprint density at radius 2 is 1.69 bits per heavy atom. The van der Waals surface area contributed by atoms with Gasteiger partial charge in [0.05, 0.1) is 11.5 Å². The van der Waals surface area contributed by atoms with Crippen LogP contribution in [0.5, 0.6) is 5.75 Å². The zero-order valence-corrected chi connectivity index (χ0v) is 21.5. The zero-order chi connectivity index (χ0) is 25.6. The molecule has 3 N–H and O–H groups in total. The molecular weight excluding hydrogens is 486 g/mol. The van der Waals surface area contributed by atoms with Crippen LogP contribution in [-0.4, -0.2) is 36.0 Å². The number of amides is 1. The van der Waals surface area contributed by atoms with Crippen LogP contribution in [0.2, 0.25) is 0 Å². The topological polar surface area (TPSA) is 122 Å². The molecule has 35 heavy (non-hydrogen) atoms. The zero-order valence-electron chi connectivity index (χ0n) is 19.8. The highest BCUT2D eigenvalue weighted by Crippen LogP contribution is 2.18. The molecule has 0 bridgehead atoms. The maximum Gasteiger partial charge on any atom is 0.264 e. The van der Waals surface area contributed by atoms with E-state index in [4.69, 9.17) is 17.0 Å². The number of aryl methyl sites for hydroxylation is 2. The van der Waals surface area contributed by atoms with Crippen LogP contribution in [0, 0.1) is 19.8 Å². The molecule has 0 saturated carbocycles. The first-order valence-electron chi connectivity index (χ1n) is 10.8. The summed E-state index contributed by atoms with van der Waals surface area (Å²) in [6.45, 7) is 8.14. The van der Waals surface area contributed by atoms with Gasteiger partial charge in [-0.05, 0) is 80.5 Å². The molecule has 1 amide bonds. The number of ether oxygens (including phenoxy) is 1. The summed E-state index contributed by atoms with van der Waals surface area (Å²) < 4.78 is 33.4. The van der Waals surface area contributed by atoms with Crippen molar-refractivity contribution in [2.75, 3.05) is 16.6 Å². The lowest BCUT2D eigenvalue weighted by Gasteiger charge is -2.12. The van der Waals surface area contributed by atoms with Gasteiger partial charge in [0.1, 0.15) is 5.75 Å². The van der Waals surface area contributed by atoms with E-state index in [0.717, 1.165) is 0 Å². The van der Waals surface area contributed by atoms with Crippen LogP contribution < -0.4 is 20.1 Å². The number of aromatic nitrogens is 2. The van der Waals surface area contributed by atoms with Crippen molar-refractivity contribution in [2.45, 2.75) is 32.6 Å². The smallest absolute Gasteiger partial charge is 0.264 e. The van der Waals surface area contributed by atoms with Crippen LogP contribution in [0.15, 0.2) is 59.5 Å². The lowest BCUT2D eigenvalue weighted by atomic mass is 10.2. The van der Waals surface area contributed by atoms with E-state index in [9.17, 15) is 13.2 Å². The fourth-order valence-corrected chi connectivity index (χ4v) is 4.15. The van der Waals surface area contributed by atoms with Gasteiger partial charge in [0.25, 0.3) is 15.9 Å². The number of nitrogens with one attached hydrogen (secondary N) is 3. The molecule has 0 radical (unpaired) electrons. The van der Waals surface area contributed by atoms with Gasteiger partial charge in [-0.3, -0.25) is 10.1 Å². The van der Waals surface area contributed by atoms with Gasteiger partial charge in [-0.1, -0.05) is 19.9 Å². The molecule has 184 valence electrons. The number of rotatable bonds is 8. The van der Waals surface area contributed by atoms with E-state index < -0.39 is 15.9 Å². The molecule has 2 aromatic carbocycles. The Balaban J connectivity index is 1.60. The van der Waals surface area contributed by atoms with Gasteiger partial charge in [0, 0.05) is 22.6 Å². The Hall–Kier alpha value is -3.57. The molecule has 1 heterocycles. The minimum Gasteiger partial charge on any atom is -0.493 e. The first-order chi connectivity index (χ1) is 16.5. The number of carbonyl (C=O) groups is 1. The Bertz CT molecular complexity index is 1310. The second-order valence-electron chi connectivity index (χ2n) is 8.25. The Morgan fingerprint density at radius 3 is 2.31 bits per heavy atom. The number of sulfonamides is 1. The molecule has 0 aliphatic carbocycles. The van der Waals surface area contributed by atoms with Gasteiger partial charge in [0.2, 0.25) is 5.95 Å². The molecular formula is C24H27N5O4S2. The van der Waals surface area contributed by atoms with Crippen molar-refractivity contribution >= 4 is 44.9 Å². The van der Waals surface area contributed by atoms with Crippen molar-refractivity contribution in [3.63, 3.8) is 0 Å². The predicted molar refractivity (Wildman–Crippen MR) is 139 cm³/mol. The van der Waals surface area contributed by atoms with Gasteiger partial charge in [-0.2, -0.15) is 0 Å². The summed E-state index contributed by atoms with van der Waals surface area (Å²) in [6.07, 6.45) is 0. The monoisotopic (exact) mass is 513 g/mol. The van der Waals surface area contributed by atoms with Gasteiger partial charge in [-0.15, -0.1) is 0 Å². The molecule has 1 aromatic heterocycles. The SMILES string of the molecule is Cc1cc(C)nc(NS(=O)(=O)c2ccc(NC(=S)NC(=O)c3cccc(OCC(C)C)c3)cc2)n1. The lowest BCUT2D eigenvalue weighted by Crippen LogP contribution is -2.34. The molecule has 0 aliphatic heterocycles. The van der Waals surface area contributed by atoms with Crippen molar-refractivity contribution in [3.05, 3.63) is 71.5 Å². The number of hydrogen-bond donors (Lipinski definition) is 3. The van der Waals surface area contributed by atoms with E-state index >= 15 is 0 Å². The summed E-state index contributed by atoms with van der Waals surface area (Å²) in [5.74, 6) is 0.574. The standard InChI is InChI=1S/C24H27N5O4S2/c1-15(2)14-33-20-7-5-6-18(13-20)22(30)28-24(34)27-19-8-10-21(11-9-19)35(31,32)29-23-25-16(3)12-17(4)26-23/h5-13,15H,14H2,1-4H3,(H,25,26,29)(H2,27,28,30,34). The highest BCUT2D eigenvalue weighted by atomic mass is 32.2. The predicted octanol–water partition coefficient (Wildman–Crippen LogP) is 4.06. The fourth-order valence-electron chi connectivity index (χ4n) is 3.00. The highest BCUT2D eigenvalue weighted by Gasteiger charge is 2.16. The van der Waals surface area contributed by atoms with Crippen molar-refractivity contribution in [2.24, 2.45) is 5.92 Å². The van der Waals surface area contributed by atoms with Crippen LogP contribution in [-0.2, 0) is 10.0 Å². The molecule has 11 heteroatoms. The van der Waals surface area contributed by atoms with Crippen LogP contribution >= 0.6 is 12.2 Å². The van der Waals surface area contributed by atoms with Crippen LogP contribution in [0.25, 0.3) is 0 Å². The van der Waals surface area contributed by atoms with Gasteiger partial charge < -0.3 is 10.1 Å². The molecule has 0 spiro atoms. The fraction of sp³-hybridized carbons (Fsp3) is 0.250. The van der Waals surface area contributed by atoms with Crippen molar-refractivity contribution in [1.82, 2.24) is 15.3 Å². The van der Waals surface area contributed by atoms with E-state index in [1.165, 1.54) is 24.3 Å². The average Bonchev–Trinajstić information content (AvgIpc) is 2.77. The van der Waals surface area contributed by atoms with Crippen molar-refractivity contribution in [3.8, 4) is 5.75 Å². The van der Waals surface area contributed by atoms with E-state index in [2.05, 4.69) is 25.3 Å². The van der Waals surface area contributed by atoms with Crippen molar-refractivity contribution in [1.29, 1.82) is 0 Å². The number of benzene rings is 2. The van der Waals surface area contributed by atoms with Crippen molar-refractivity contribution < 1.29 is 17.9 Å². The van der Waals surface area contributed by atoms with E-state index in [1.54, 1.807) is 44.2 Å². The van der Waals surface area contributed by atoms with E-state index in [-0.39, 0.29) is 16.0 Å². The molecule has 3 aromatic rings. The van der Waals surface area contributed by atoms with E-state index in [1.807, 2.05) is 13.8 Å². The number of carbonyl (C=O) groups excluding carboxylic acids is 1. The average molecular weight is 514 g/mol. The lowest BCUT2D eigenvalue weighted by molar-refractivity contribution is 0.0977. The van der Waals surface area contributed by atoms with Gasteiger partial charge in [-0.25, -0.2) is 23.1 Å². The van der Waals surface area contributed by atoms with Crippen LogP contribution in [0.1, 0.15) is 35.6 Å². The first kappa shape index (κ1) is 26.0. The molecule has 0 atom stereocenters. The third kappa shape index (κ3) is 7.72. The minimum absolute atomic E-state index is 0.00673. The molecule has 0 aliphatic rings. The van der Waals surface area contributed by atoms with E-state index in [0.29, 0.717) is 40.9 Å². The summed E-state index contributed by atoms with van der Waals surface area (Å²) in [5.41, 5.74) is 2.21. The second kappa shape index (κ2) is 11.2. The maximum atomic E-state index is 12.7. The Morgan fingerprint density at radius 1 is 1.03 bits per heavy atom. The van der Waals surface area contributed by atoms with Crippen LogP contribution in [0.3, 0.4) is 0 Å². The Kier molecular flexibility index (Phi) is 8.36. The quantitative estimate of drug-likeness (QED) is 0.386. The third-order valence-corrected chi connectivity index (χ3v) is 6.09. The molecule has 0 fully saturated rings. The largest absolute Gasteiger partial charge is 0.493 e. The highest BCUT2D eigenvalue weighted by molar-refractivity contribution is 7.92.